The summed E-state index contributed by atoms with van der Waals surface area (Å²) >= 11 is 0. The lowest BCUT2D eigenvalue weighted by atomic mass is 9.67. The average Bonchev–Trinajstić information content (AvgIpc) is 2.38. The van der Waals surface area contributed by atoms with E-state index in [1.807, 2.05) is 0 Å². The maximum Gasteiger partial charge on any atom is 0.0896 e. The van der Waals surface area contributed by atoms with Crippen molar-refractivity contribution in [1.29, 1.82) is 0 Å². The average molecular weight is 260 g/mol. The number of aryl methyl sites for hydroxylation is 1. The molecule has 0 amide bonds. The fourth-order valence-corrected chi connectivity index (χ4v) is 3.30. The molecule has 0 aromatic heterocycles. The standard InChI is InChI=1S/C18H28O/c1-5-14-6-8-16(9-7-14)18(19)12-10-15(11-13-18)17(2,3)4/h6-9,15,19H,5,10-13H2,1-4H3. The van der Waals surface area contributed by atoms with Gasteiger partial charge >= 0.3 is 0 Å². The van der Waals surface area contributed by atoms with Crippen molar-refractivity contribution in [2.45, 2.75) is 65.4 Å². The molecule has 106 valence electrons. The van der Waals surface area contributed by atoms with Gasteiger partial charge in [-0.25, -0.2) is 0 Å². The Labute approximate surface area is 118 Å². The Morgan fingerprint density at radius 2 is 1.63 bits per heavy atom. The minimum Gasteiger partial charge on any atom is -0.385 e. The molecule has 0 spiro atoms. The molecule has 0 bridgehead atoms. The van der Waals surface area contributed by atoms with Crippen LogP contribution in [0.15, 0.2) is 24.3 Å². The first-order chi connectivity index (χ1) is 8.85. The molecule has 1 aromatic carbocycles. The summed E-state index contributed by atoms with van der Waals surface area (Å²) in [7, 11) is 0. The first-order valence-electron chi connectivity index (χ1n) is 7.67. The molecule has 0 saturated heterocycles. The van der Waals surface area contributed by atoms with Crippen LogP contribution in [-0.4, -0.2) is 5.11 Å². The Morgan fingerprint density at radius 3 is 2.05 bits per heavy atom. The topological polar surface area (TPSA) is 20.2 Å². The van der Waals surface area contributed by atoms with Gasteiger partial charge in [-0.15, -0.1) is 0 Å². The normalized spacial score (nSPS) is 28.4. The largest absolute Gasteiger partial charge is 0.385 e. The smallest absolute Gasteiger partial charge is 0.0896 e. The number of aliphatic hydroxyl groups is 1. The van der Waals surface area contributed by atoms with Crippen molar-refractivity contribution >= 4 is 0 Å². The van der Waals surface area contributed by atoms with E-state index in [0.717, 1.165) is 43.6 Å². The molecule has 19 heavy (non-hydrogen) atoms. The predicted octanol–water partition coefficient (Wildman–Crippen LogP) is 4.67. The van der Waals surface area contributed by atoms with E-state index >= 15 is 0 Å². The fourth-order valence-electron chi connectivity index (χ4n) is 3.30. The molecule has 0 atom stereocenters. The van der Waals surface area contributed by atoms with E-state index in [-0.39, 0.29) is 0 Å². The van der Waals surface area contributed by atoms with E-state index in [0.29, 0.717) is 5.41 Å². The van der Waals surface area contributed by atoms with E-state index in [2.05, 4.69) is 52.0 Å². The SMILES string of the molecule is CCc1ccc(C2(O)CCC(C(C)(C)C)CC2)cc1. The van der Waals surface area contributed by atoms with Crippen LogP contribution in [0, 0.1) is 11.3 Å². The van der Waals surface area contributed by atoms with Gasteiger partial charge in [0.2, 0.25) is 0 Å². The molecule has 0 aliphatic heterocycles. The van der Waals surface area contributed by atoms with Crippen molar-refractivity contribution in [2.24, 2.45) is 11.3 Å². The van der Waals surface area contributed by atoms with E-state index in [9.17, 15) is 5.11 Å². The number of hydrogen-bond acceptors (Lipinski definition) is 1. The van der Waals surface area contributed by atoms with Crippen molar-refractivity contribution in [2.75, 3.05) is 0 Å². The maximum atomic E-state index is 10.9. The van der Waals surface area contributed by atoms with E-state index < -0.39 is 5.60 Å². The van der Waals surface area contributed by atoms with Crippen molar-refractivity contribution < 1.29 is 5.11 Å². The molecule has 1 saturated carbocycles. The molecule has 1 nitrogen and oxygen atoms in total. The highest BCUT2D eigenvalue weighted by atomic mass is 16.3. The minimum atomic E-state index is -0.589. The summed E-state index contributed by atoms with van der Waals surface area (Å²) in [6.07, 6.45) is 5.14. The van der Waals surface area contributed by atoms with Crippen LogP contribution in [0.1, 0.15) is 64.5 Å². The lowest BCUT2D eigenvalue weighted by Crippen LogP contribution is -2.35. The summed E-state index contributed by atoms with van der Waals surface area (Å²) in [6, 6.07) is 8.55. The fraction of sp³-hybridized carbons (Fsp3) is 0.667. The summed E-state index contributed by atoms with van der Waals surface area (Å²) in [6.45, 7) is 9.12. The second-order valence-corrected chi connectivity index (χ2v) is 7.22. The highest BCUT2D eigenvalue weighted by Crippen LogP contribution is 2.45. The third-order valence-electron chi connectivity index (χ3n) is 4.94. The molecule has 2 rings (SSSR count). The van der Waals surface area contributed by atoms with E-state index in [1.165, 1.54) is 5.56 Å². The second-order valence-electron chi connectivity index (χ2n) is 7.22. The van der Waals surface area contributed by atoms with Crippen molar-refractivity contribution in [1.82, 2.24) is 0 Å². The van der Waals surface area contributed by atoms with Crippen LogP contribution in [0.5, 0.6) is 0 Å². The van der Waals surface area contributed by atoms with Crippen LogP contribution in [-0.2, 0) is 12.0 Å². The zero-order valence-electron chi connectivity index (χ0n) is 12.9. The Bertz CT molecular complexity index is 402. The monoisotopic (exact) mass is 260 g/mol. The Balaban J connectivity index is 2.08. The molecule has 1 heteroatoms. The van der Waals surface area contributed by atoms with Gasteiger partial charge in [-0.1, -0.05) is 52.0 Å². The summed E-state index contributed by atoms with van der Waals surface area (Å²) in [5, 5.41) is 10.9. The highest BCUT2D eigenvalue weighted by molar-refractivity contribution is 5.27. The molecule has 0 radical (unpaired) electrons. The first kappa shape index (κ1) is 14.6. The summed E-state index contributed by atoms with van der Waals surface area (Å²) in [4.78, 5) is 0. The number of benzene rings is 1. The van der Waals surface area contributed by atoms with Gasteiger partial charge in [0.25, 0.3) is 0 Å². The summed E-state index contributed by atoms with van der Waals surface area (Å²) in [5.41, 5.74) is 2.23. The van der Waals surface area contributed by atoms with Crippen molar-refractivity contribution in [3.05, 3.63) is 35.4 Å². The molecule has 0 heterocycles. The van der Waals surface area contributed by atoms with Gasteiger partial charge in [-0.2, -0.15) is 0 Å². The molecule has 1 fully saturated rings. The minimum absolute atomic E-state index is 0.368. The van der Waals surface area contributed by atoms with Crippen LogP contribution < -0.4 is 0 Å². The van der Waals surface area contributed by atoms with Crippen LogP contribution in [0.3, 0.4) is 0 Å². The molecule has 1 aromatic rings. The molecular weight excluding hydrogens is 232 g/mol. The van der Waals surface area contributed by atoms with Crippen LogP contribution in [0.4, 0.5) is 0 Å². The number of hydrogen-bond donors (Lipinski definition) is 1. The Morgan fingerprint density at radius 1 is 1.11 bits per heavy atom. The van der Waals surface area contributed by atoms with Gasteiger partial charge in [0.1, 0.15) is 0 Å². The van der Waals surface area contributed by atoms with Crippen LogP contribution >= 0.6 is 0 Å². The van der Waals surface area contributed by atoms with Gasteiger partial charge in [0, 0.05) is 0 Å². The maximum absolute atomic E-state index is 10.9. The van der Waals surface area contributed by atoms with Crippen LogP contribution in [0.25, 0.3) is 0 Å². The van der Waals surface area contributed by atoms with E-state index in [1.54, 1.807) is 0 Å². The van der Waals surface area contributed by atoms with Gasteiger partial charge < -0.3 is 5.11 Å². The molecular formula is C18H28O. The highest BCUT2D eigenvalue weighted by Gasteiger charge is 2.38. The quantitative estimate of drug-likeness (QED) is 0.819. The van der Waals surface area contributed by atoms with Crippen molar-refractivity contribution in [3.8, 4) is 0 Å². The van der Waals surface area contributed by atoms with Crippen LogP contribution in [0.2, 0.25) is 0 Å². The van der Waals surface area contributed by atoms with E-state index in [4.69, 9.17) is 0 Å². The van der Waals surface area contributed by atoms with Gasteiger partial charge in [0.05, 0.1) is 5.60 Å². The van der Waals surface area contributed by atoms with Gasteiger partial charge in [-0.3, -0.25) is 0 Å². The zero-order valence-corrected chi connectivity index (χ0v) is 12.9. The summed E-state index contributed by atoms with van der Waals surface area (Å²) < 4.78 is 0. The molecule has 1 N–H and O–H groups in total. The van der Waals surface area contributed by atoms with Gasteiger partial charge in [0.15, 0.2) is 0 Å². The summed E-state index contributed by atoms with van der Waals surface area (Å²) in [5.74, 6) is 0.739. The molecule has 1 aliphatic carbocycles. The predicted molar refractivity (Wildman–Crippen MR) is 81.1 cm³/mol. The second kappa shape index (κ2) is 5.28. The Hall–Kier alpha value is -0.820. The third kappa shape index (κ3) is 3.20. The molecule has 1 aliphatic rings. The number of rotatable bonds is 2. The molecule has 0 unspecified atom stereocenters. The lowest BCUT2D eigenvalue weighted by molar-refractivity contribution is -0.0298. The van der Waals surface area contributed by atoms with Crippen molar-refractivity contribution in [3.63, 3.8) is 0 Å². The Kier molecular flexibility index (Phi) is 4.06. The van der Waals surface area contributed by atoms with Gasteiger partial charge in [-0.05, 0) is 54.6 Å². The lowest BCUT2D eigenvalue weighted by Gasteiger charge is -2.41. The zero-order chi connectivity index (χ0) is 14.1. The third-order valence-corrected chi connectivity index (χ3v) is 4.94. The first-order valence-corrected chi connectivity index (χ1v) is 7.67.